The fourth-order valence-electron chi connectivity index (χ4n) is 2.13. The summed E-state index contributed by atoms with van der Waals surface area (Å²) in [4.78, 5) is 6.87. The molecule has 0 aromatic heterocycles. The maximum absolute atomic E-state index is 5.97. The number of fused-ring (bicyclic) bond motifs is 1. The van der Waals surface area contributed by atoms with Gasteiger partial charge < -0.3 is 25.0 Å². The fourth-order valence-corrected chi connectivity index (χ4v) is 2.13. The monoisotopic (exact) mass is 334 g/mol. The number of guanidine groups is 1. The van der Waals surface area contributed by atoms with Crippen LogP contribution in [0.25, 0.3) is 0 Å². The molecule has 1 atom stereocenters. The van der Waals surface area contributed by atoms with E-state index in [0.29, 0.717) is 19.7 Å². The standard InChI is InChI=1S/C18H30N4O2/c1-6-19-17(21-13-18(2,3)22(4)5)20-11-14-12-23-15-9-7-8-10-16(15)24-14/h7-10,14H,6,11-13H2,1-5H3,(H2,19,20,21). The summed E-state index contributed by atoms with van der Waals surface area (Å²) in [5, 5.41) is 6.62. The van der Waals surface area contributed by atoms with Crippen LogP contribution in [0.5, 0.6) is 11.5 Å². The SMILES string of the molecule is CCNC(=NCC(C)(C)N(C)C)NCC1COc2ccccc2O1. The second kappa shape index (κ2) is 8.24. The van der Waals surface area contributed by atoms with Gasteiger partial charge in [-0.15, -0.1) is 0 Å². The van der Waals surface area contributed by atoms with Gasteiger partial charge in [0.2, 0.25) is 0 Å². The zero-order valence-corrected chi connectivity index (χ0v) is 15.4. The van der Waals surface area contributed by atoms with Crippen molar-refractivity contribution in [1.82, 2.24) is 15.5 Å². The van der Waals surface area contributed by atoms with Gasteiger partial charge in [0.15, 0.2) is 17.5 Å². The van der Waals surface area contributed by atoms with E-state index >= 15 is 0 Å². The Bertz CT molecular complexity index is 558. The number of likely N-dealkylation sites (N-methyl/N-ethyl adjacent to an activating group) is 1. The second-order valence-corrected chi connectivity index (χ2v) is 6.78. The molecule has 1 heterocycles. The lowest BCUT2D eigenvalue weighted by Crippen LogP contribution is -2.47. The Labute approximate surface area is 145 Å². The zero-order chi connectivity index (χ0) is 17.6. The van der Waals surface area contributed by atoms with Crippen LogP contribution in [0.2, 0.25) is 0 Å². The summed E-state index contributed by atoms with van der Waals surface area (Å²) in [7, 11) is 4.14. The van der Waals surface area contributed by atoms with Crippen LogP contribution < -0.4 is 20.1 Å². The highest BCUT2D eigenvalue weighted by Gasteiger charge is 2.22. The molecule has 6 nitrogen and oxygen atoms in total. The Morgan fingerprint density at radius 1 is 1.25 bits per heavy atom. The van der Waals surface area contributed by atoms with Crippen LogP contribution in [0.3, 0.4) is 0 Å². The van der Waals surface area contributed by atoms with Gasteiger partial charge >= 0.3 is 0 Å². The second-order valence-electron chi connectivity index (χ2n) is 6.78. The van der Waals surface area contributed by atoms with Crippen molar-refractivity contribution < 1.29 is 9.47 Å². The van der Waals surface area contributed by atoms with Gasteiger partial charge in [-0.3, -0.25) is 4.99 Å². The first-order valence-electron chi connectivity index (χ1n) is 8.50. The summed E-state index contributed by atoms with van der Waals surface area (Å²) >= 11 is 0. The maximum Gasteiger partial charge on any atom is 0.191 e. The summed E-state index contributed by atoms with van der Waals surface area (Å²) < 4.78 is 11.7. The van der Waals surface area contributed by atoms with Gasteiger partial charge in [-0.05, 0) is 47.0 Å². The molecule has 1 aliphatic heterocycles. The molecule has 24 heavy (non-hydrogen) atoms. The molecular formula is C18H30N4O2. The summed E-state index contributed by atoms with van der Waals surface area (Å²) in [6.45, 7) is 9.11. The van der Waals surface area contributed by atoms with Crippen molar-refractivity contribution in [2.75, 3.05) is 40.3 Å². The molecule has 0 fully saturated rings. The van der Waals surface area contributed by atoms with Gasteiger partial charge in [-0.25, -0.2) is 0 Å². The molecule has 0 saturated heterocycles. The van der Waals surface area contributed by atoms with Crippen molar-refractivity contribution in [2.24, 2.45) is 4.99 Å². The third kappa shape index (κ3) is 5.03. The number of para-hydroxylation sites is 2. The van der Waals surface area contributed by atoms with Gasteiger partial charge in [0.05, 0.1) is 13.1 Å². The quantitative estimate of drug-likeness (QED) is 0.613. The van der Waals surface area contributed by atoms with Gasteiger partial charge in [-0.1, -0.05) is 12.1 Å². The highest BCUT2D eigenvalue weighted by atomic mass is 16.6. The van der Waals surface area contributed by atoms with Crippen LogP contribution in [0, 0.1) is 0 Å². The Morgan fingerprint density at radius 3 is 2.62 bits per heavy atom. The summed E-state index contributed by atoms with van der Waals surface area (Å²) in [5.74, 6) is 2.41. The highest BCUT2D eigenvalue weighted by Crippen LogP contribution is 2.30. The first-order chi connectivity index (χ1) is 11.4. The Kier molecular flexibility index (Phi) is 6.31. The van der Waals surface area contributed by atoms with E-state index < -0.39 is 0 Å². The molecular weight excluding hydrogens is 304 g/mol. The van der Waals surface area contributed by atoms with Crippen molar-refractivity contribution >= 4 is 5.96 Å². The Hall–Kier alpha value is -1.95. The van der Waals surface area contributed by atoms with Gasteiger partial charge in [-0.2, -0.15) is 0 Å². The molecule has 0 spiro atoms. The molecule has 1 unspecified atom stereocenters. The average Bonchev–Trinajstić information content (AvgIpc) is 2.57. The topological polar surface area (TPSA) is 58.1 Å². The molecule has 2 rings (SSSR count). The highest BCUT2D eigenvalue weighted by molar-refractivity contribution is 5.79. The van der Waals surface area contributed by atoms with Gasteiger partial charge in [0.1, 0.15) is 12.7 Å². The first kappa shape index (κ1) is 18.4. The lowest BCUT2D eigenvalue weighted by Gasteiger charge is -2.31. The van der Waals surface area contributed by atoms with Crippen LogP contribution in [0.15, 0.2) is 29.3 Å². The smallest absolute Gasteiger partial charge is 0.191 e. The summed E-state index contributed by atoms with van der Waals surface area (Å²) in [6, 6.07) is 7.75. The predicted molar refractivity (Wildman–Crippen MR) is 98.1 cm³/mol. The summed E-state index contributed by atoms with van der Waals surface area (Å²) in [6.07, 6.45) is -0.0365. The van der Waals surface area contributed by atoms with E-state index in [-0.39, 0.29) is 11.6 Å². The lowest BCUT2D eigenvalue weighted by molar-refractivity contribution is 0.0936. The predicted octanol–water partition coefficient (Wildman–Crippen LogP) is 1.72. The van der Waals surface area contributed by atoms with E-state index in [9.17, 15) is 0 Å². The number of nitrogens with one attached hydrogen (secondary N) is 2. The molecule has 0 aliphatic carbocycles. The van der Waals surface area contributed by atoms with E-state index in [1.165, 1.54) is 0 Å². The minimum atomic E-state index is -0.0365. The van der Waals surface area contributed by atoms with Crippen molar-refractivity contribution in [3.05, 3.63) is 24.3 Å². The van der Waals surface area contributed by atoms with E-state index in [4.69, 9.17) is 14.5 Å². The number of benzene rings is 1. The number of ether oxygens (including phenoxy) is 2. The van der Waals surface area contributed by atoms with Crippen molar-refractivity contribution in [3.63, 3.8) is 0 Å². The normalized spacial score (nSPS) is 17.8. The Morgan fingerprint density at radius 2 is 1.96 bits per heavy atom. The van der Waals surface area contributed by atoms with Crippen molar-refractivity contribution in [2.45, 2.75) is 32.4 Å². The number of nitrogens with zero attached hydrogens (tertiary/aromatic N) is 2. The van der Waals surface area contributed by atoms with Crippen molar-refractivity contribution in [1.29, 1.82) is 0 Å². The number of hydrogen-bond acceptors (Lipinski definition) is 4. The largest absolute Gasteiger partial charge is 0.486 e. The van der Waals surface area contributed by atoms with Gasteiger partial charge in [0, 0.05) is 12.1 Å². The number of aliphatic imine (C=N–C) groups is 1. The first-order valence-corrected chi connectivity index (χ1v) is 8.50. The molecule has 0 saturated carbocycles. The third-order valence-electron chi connectivity index (χ3n) is 4.24. The molecule has 134 valence electrons. The fraction of sp³-hybridized carbons (Fsp3) is 0.611. The molecule has 0 radical (unpaired) electrons. The zero-order valence-electron chi connectivity index (χ0n) is 15.4. The third-order valence-corrected chi connectivity index (χ3v) is 4.24. The molecule has 1 aromatic rings. The van der Waals surface area contributed by atoms with E-state index in [1.54, 1.807) is 0 Å². The van der Waals surface area contributed by atoms with Crippen LogP contribution in [-0.4, -0.2) is 62.8 Å². The van der Waals surface area contributed by atoms with E-state index in [2.05, 4.69) is 50.4 Å². The molecule has 2 N–H and O–H groups in total. The number of rotatable bonds is 6. The van der Waals surface area contributed by atoms with Crippen LogP contribution in [-0.2, 0) is 0 Å². The van der Waals surface area contributed by atoms with E-state index in [1.807, 2.05) is 24.3 Å². The minimum absolute atomic E-state index is 0.00570. The molecule has 0 amide bonds. The molecule has 0 bridgehead atoms. The average molecular weight is 334 g/mol. The molecule has 1 aromatic carbocycles. The van der Waals surface area contributed by atoms with Crippen LogP contribution in [0.4, 0.5) is 0 Å². The minimum Gasteiger partial charge on any atom is -0.486 e. The van der Waals surface area contributed by atoms with E-state index in [0.717, 1.165) is 24.0 Å². The summed E-state index contributed by atoms with van der Waals surface area (Å²) in [5.41, 5.74) is 0.00570. The number of hydrogen-bond donors (Lipinski definition) is 2. The van der Waals surface area contributed by atoms with Crippen molar-refractivity contribution in [3.8, 4) is 11.5 Å². The Balaban J connectivity index is 1.90. The van der Waals surface area contributed by atoms with Gasteiger partial charge in [0.25, 0.3) is 0 Å². The maximum atomic E-state index is 5.97. The van der Waals surface area contributed by atoms with Crippen LogP contribution >= 0.6 is 0 Å². The molecule has 6 heteroatoms. The lowest BCUT2D eigenvalue weighted by atomic mass is 10.1. The molecule has 1 aliphatic rings. The van der Waals surface area contributed by atoms with Crippen LogP contribution in [0.1, 0.15) is 20.8 Å².